The highest BCUT2D eigenvalue weighted by molar-refractivity contribution is 5.95. The molecule has 1 aliphatic heterocycles. The van der Waals surface area contributed by atoms with Gasteiger partial charge in [0.25, 0.3) is 5.91 Å². The van der Waals surface area contributed by atoms with Gasteiger partial charge in [-0.1, -0.05) is 12.5 Å². The zero-order chi connectivity index (χ0) is 24.6. The van der Waals surface area contributed by atoms with Gasteiger partial charge >= 0.3 is 6.18 Å². The Morgan fingerprint density at radius 3 is 2.62 bits per heavy atom. The van der Waals surface area contributed by atoms with Crippen molar-refractivity contribution < 1.29 is 22.8 Å². The summed E-state index contributed by atoms with van der Waals surface area (Å²) < 4.78 is 41.2. The Kier molecular flexibility index (Phi) is 6.71. The maximum Gasteiger partial charge on any atom is 0.416 e. The number of aryl methyl sites for hydroxylation is 1. The van der Waals surface area contributed by atoms with Crippen LogP contribution in [0.2, 0.25) is 0 Å². The Labute approximate surface area is 196 Å². The largest absolute Gasteiger partial charge is 0.416 e. The Balaban J connectivity index is 1.42. The predicted octanol–water partition coefficient (Wildman–Crippen LogP) is 3.97. The molecule has 1 N–H and O–H groups in total. The van der Waals surface area contributed by atoms with Crippen molar-refractivity contribution in [2.24, 2.45) is 5.92 Å². The van der Waals surface area contributed by atoms with Gasteiger partial charge in [0, 0.05) is 37.7 Å². The molecule has 4 rings (SSSR count). The predicted molar refractivity (Wildman–Crippen MR) is 121 cm³/mol. The average Bonchev–Trinajstić information content (AvgIpc) is 3.15. The van der Waals surface area contributed by atoms with Crippen molar-refractivity contribution in [2.75, 3.05) is 32.5 Å². The molecule has 7 nitrogen and oxygen atoms in total. The lowest BCUT2D eigenvalue weighted by molar-refractivity contribution is -0.137. The van der Waals surface area contributed by atoms with Gasteiger partial charge in [0.15, 0.2) is 0 Å². The molecule has 0 unspecified atom stereocenters. The van der Waals surface area contributed by atoms with Gasteiger partial charge in [-0.15, -0.1) is 0 Å². The van der Waals surface area contributed by atoms with Crippen LogP contribution in [0.5, 0.6) is 0 Å². The quantitative estimate of drug-likeness (QED) is 0.708. The van der Waals surface area contributed by atoms with Crippen LogP contribution < -0.4 is 5.32 Å². The third-order valence-corrected chi connectivity index (χ3v) is 6.98. The average molecular weight is 478 g/mol. The molecule has 0 radical (unpaired) electrons. The Hall–Kier alpha value is -2.88. The van der Waals surface area contributed by atoms with Crippen molar-refractivity contribution in [1.29, 1.82) is 0 Å². The van der Waals surface area contributed by atoms with Crippen molar-refractivity contribution in [3.05, 3.63) is 47.4 Å². The number of carbonyl (C=O) groups is 2. The first-order valence-electron chi connectivity index (χ1n) is 11.5. The fourth-order valence-corrected chi connectivity index (χ4v) is 4.90. The van der Waals surface area contributed by atoms with E-state index in [1.165, 1.54) is 17.0 Å². The number of imidazole rings is 1. The molecule has 2 fully saturated rings. The number of aromatic nitrogens is 2. The second kappa shape index (κ2) is 9.40. The van der Waals surface area contributed by atoms with E-state index in [4.69, 9.17) is 0 Å². The molecule has 1 saturated heterocycles. The summed E-state index contributed by atoms with van der Waals surface area (Å²) in [4.78, 5) is 34.1. The highest BCUT2D eigenvalue weighted by Crippen LogP contribution is 2.32. The summed E-state index contributed by atoms with van der Waals surface area (Å²) in [6.07, 6.45) is -0.124. The third-order valence-electron chi connectivity index (χ3n) is 6.98. The van der Waals surface area contributed by atoms with Crippen molar-refractivity contribution >= 4 is 17.6 Å². The molecule has 1 aromatic heterocycles. The number of carbonyl (C=O) groups excluding carboxylic acids is 2. The second-order valence-electron chi connectivity index (χ2n) is 9.46. The zero-order valence-corrected chi connectivity index (χ0v) is 19.6. The van der Waals surface area contributed by atoms with E-state index in [-0.39, 0.29) is 29.5 Å². The Morgan fingerprint density at radius 1 is 1.21 bits per heavy atom. The fraction of sp³-hybridized carbons (Fsp3) is 0.542. The summed E-state index contributed by atoms with van der Waals surface area (Å²) in [6, 6.07) is 4.52. The number of alkyl halides is 3. The molecular weight excluding hydrogens is 447 g/mol. The van der Waals surface area contributed by atoms with Crippen LogP contribution in [0.25, 0.3) is 0 Å². The van der Waals surface area contributed by atoms with Gasteiger partial charge in [-0.2, -0.15) is 13.2 Å². The number of anilines is 1. The number of likely N-dealkylation sites (tertiary alicyclic amines) is 1. The van der Waals surface area contributed by atoms with E-state index in [2.05, 4.69) is 15.2 Å². The number of halogens is 3. The summed E-state index contributed by atoms with van der Waals surface area (Å²) in [5.74, 6) is -0.164. The van der Waals surface area contributed by atoms with E-state index in [1.54, 1.807) is 13.4 Å². The topological polar surface area (TPSA) is 70.5 Å². The Bertz CT molecular complexity index is 1060. The van der Waals surface area contributed by atoms with Gasteiger partial charge in [-0.05, 0) is 51.4 Å². The number of likely N-dealkylation sites (N-methyl/N-ethyl adjacent to an activating group) is 1. The lowest BCUT2D eigenvalue weighted by atomic mass is 9.84. The first kappa shape index (κ1) is 24.3. The van der Waals surface area contributed by atoms with Crippen LogP contribution in [-0.2, 0) is 11.0 Å². The minimum atomic E-state index is -4.51. The number of nitrogens with zero attached hydrogens (tertiary/aromatic N) is 4. The molecule has 2 amide bonds. The molecule has 2 atom stereocenters. The number of hydrogen-bond acceptors (Lipinski definition) is 4. The molecule has 10 heteroatoms. The fourth-order valence-electron chi connectivity index (χ4n) is 4.90. The molecule has 0 bridgehead atoms. The summed E-state index contributed by atoms with van der Waals surface area (Å²) in [5, 5.41) is 3.05. The smallest absolute Gasteiger partial charge is 0.339 e. The SMILES string of the molecule is Cc1ncn(C2CN(C)C2)c1NC(=O)[C@H]1CCC[C@@H](N(C)C(=O)c2cccc(C(F)(F)F)c2)C1. The highest BCUT2D eigenvalue weighted by atomic mass is 19.4. The number of rotatable bonds is 5. The lowest BCUT2D eigenvalue weighted by Crippen LogP contribution is -2.45. The first-order chi connectivity index (χ1) is 16.0. The maximum atomic E-state index is 13.1. The van der Waals surface area contributed by atoms with Crippen molar-refractivity contribution in [2.45, 2.75) is 50.9 Å². The van der Waals surface area contributed by atoms with Crippen molar-refractivity contribution in [1.82, 2.24) is 19.4 Å². The summed E-state index contributed by atoms with van der Waals surface area (Å²) >= 11 is 0. The maximum absolute atomic E-state index is 13.1. The van der Waals surface area contributed by atoms with Crippen LogP contribution in [0.4, 0.5) is 19.0 Å². The molecule has 184 valence electrons. The van der Waals surface area contributed by atoms with Gasteiger partial charge in [0.1, 0.15) is 5.82 Å². The molecule has 2 aliphatic rings. The molecule has 1 aliphatic carbocycles. The first-order valence-corrected chi connectivity index (χ1v) is 11.5. The second-order valence-corrected chi connectivity index (χ2v) is 9.46. The van der Waals surface area contributed by atoms with Crippen molar-refractivity contribution in [3.8, 4) is 0 Å². The van der Waals surface area contributed by atoms with E-state index < -0.39 is 17.6 Å². The van der Waals surface area contributed by atoms with E-state index in [0.29, 0.717) is 25.1 Å². The van der Waals surface area contributed by atoms with Crippen LogP contribution in [0.1, 0.15) is 53.3 Å². The minimum absolute atomic E-state index is 0.00565. The van der Waals surface area contributed by atoms with Crippen molar-refractivity contribution in [3.63, 3.8) is 0 Å². The zero-order valence-electron chi connectivity index (χ0n) is 19.6. The van der Waals surface area contributed by atoms with Gasteiger partial charge in [-0.3, -0.25) is 9.59 Å². The van der Waals surface area contributed by atoms with Gasteiger partial charge < -0.3 is 19.7 Å². The normalized spacial score (nSPS) is 21.7. The van der Waals surface area contributed by atoms with Crippen LogP contribution in [0.3, 0.4) is 0 Å². The summed E-state index contributed by atoms with van der Waals surface area (Å²) in [5.41, 5.74) is -0.0988. The van der Waals surface area contributed by atoms with Crippen LogP contribution in [-0.4, -0.2) is 64.4 Å². The molecule has 1 saturated carbocycles. The van der Waals surface area contributed by atoms with Crippen LogP contribution in [0.15, 0.2) is 30.6 Å². The molecule has 1 aromatic carbocycles. The lowest BCUT2D eigenvalue weighted by Gasteiger charge is -2.38. The molecule has 2 aromatic rings. The number of hydrogen-bond donors (Lipinski definition) is 1. The summed E-state index contributed by atoms with van der Waals surface area (Å²) in [7, 11) is 3.64. The van der Waals surface area contributed by atoms with E-state index in [9.17, 15) is 22.8 Å². The molecule has 0 spiro atoms. The van der Waals surface area contributed by atoms with Crippen LogP contribution >= 0.6 is 0 Å². The third kappa shape index (κ3) is 4.96. The van der Waals surface area contributed by atoms with E-state index in [1.807, 2.05) is 18.5 Å². The monoisotopic (exact) mass is 477 g/mol. The van der Waals surface area contributed by atoms with Gasteiger partial charge in [0.05, 0.1) is 23.6 Å². The summed E-state index contributed by atoms with van der Waals surface area (Å²) in [6.45, 7) is 3.65. The number of amides is 2. The number of benzene rings is 1. The molecular formula is C24H30F3N5O2. The highest BCUT2D eigenvalue weighted by Gasteiger charge is 2.35. The Morgan fingerprint density at radius 2 is 1.94 bits per heavy atom. The molecule has 34 heavy (non-hydrogen) atoms. The van der Waals surface area contributed by atoms with E-state index >= 15 is 0 Å². The van der Waals surface area contributed by atoms with Gasteiger partial charge in [0.2, 0.25) is 5.91 Å². The van der Waals surface area contributed by atoms with E-state index in [0.717, 1.165) is 37.3 Å². The number of nitrogens with one attached hydrogen (secondary N) is 1. The van der Waals surface area contributed by atoms with Gasteiger partial charge in [-0.25, -0.2) is 4.98 Å². The minimum Gasteiger partial charge on any atom is -0.339 e. The molecule has 2 heterocycles. The standard InChI is InChI=1S/C24H30F3N5O2/c1-15-21(32(14-28-15)20-12-30(2)13-20)29-22(33)16-6-5-9-19(11-16)31(3)23(34)17-7-4-8-18(10-17)24(25,26)27/h4,7-8,10,14,16,19-20H,5-6,9,11-13H2,1-3H3,(H,29,33)/t16-,19+/m0/s1. The van der Waals surface area contributed by atoms with Crippen LogP contribution in [0, 0.1) is 12.8 Å².